The highest BCUT2D eigenvalue weighted by Crippen LogP contribution is 2.22. The number of nitrogens with zero attached hydrogens (tertiary/aromatic N) is 2. The van der Waals surface area contributed by atoms with Crippen LogP contribution in [0.1, 0.15) is 33.6 Å². The van der Waals surface area contributed by atoms with Gasteiger partial charge in [0.05, 0.1) is 5.69 Å². The van der Waals surface area contributed by atoms with Crippen molar-refractivity contribution in [2.75, 3.05) is 25.5 Å². The van der Waals surface area contributed by atoms with Crippen molar-refractivity contribution in [3.05, 3.63) is 18.3 Å². The minimum absolute atomic E-state index is 0.110. The van der Waals surface area contributed by atoms with E-state index in [1.54, 1.807) is 19.2 Å². The zero-order valence-corrected chi connectivity index (χ0v) is 13.6. The second kappa shape index (κ2) is 7.59. The van der Waals surface area contributed by atoms with Gasteiger partial charge in [-0.15, -0.1) is 0 Å². The third-order valence-electron chi connectivity index (χ3n) is 3.26. The Labute approximate surface area is 122 Å². The van der Waals surface area contributed by atoms with E-state index in [1.807, 2.05) is 13.8 Å². The van der Waals surface area contributed by atoms with Gasteiger partial charge in [0.1, 0.15) is 0 Å². The fraction of sp³-hybridized carbons (Fsp3) is 0.643. The molecule has 20 heavy (non-hydrogen) atoms. The molecule has 0 bridgehead atoms. The number of pyridine rings is 1. The Hall–Kier alpha value is -1.14. The molecule has 0 aliphatic heterocycles. The summed E-state index contributed by atoms with van der Waals surface area (Å²) in [5.74, 6) is 0.325. The maximum absolute atomic E-state index is 12.6. The fourth-order valence-corrected chi connectivity index (χ4v) is 3.16. The van der Waals surface area contributed by atoms with E-state index in [-0.39, 0.29) is 5.03 Å². The van der Waals surface area contributed by atoms with Crippen LogP contribution in [0.3, 0.4) is 0 Å². The van der Waals surface area contributed by atoms with E-state index < -0.39 is 10.0 Å². The molecule has 0 spiro atoms. The van der Waals surface area contributed by atoms with Gasteiger partial charge in [0.15, 0.2) is 5.03 Å². The fourth-order valence-electron chi connectivity index (χ4n) is 1.80. The average molecular weight is 299 g/mol. The molecule has 1 rings (SSSR count). The van der Waals surface area contributed by atoms with Crippen LogP contribution in [0.4, 0.5) is 5.69 Å². The van der Waals surface area contributed by atoms with E-state index in [2.05, 4.69) is 17.2 Å². The lowest BCUT2D eigenvalue weighted by molar-refractivity contribution is 0.392. The molecule has 5 nitrogen and oxygen atoms in total. The van der Waals surface area contributed by atoms with Crippen LogP contribution < -0.4 is 5.32 Å². The zero-order valence-electron chi connectivity index (χ0n) is 12.8. The van der Waals surface area contributed by atoms with Crippen molar-refractivity contribution in [1.29, 1.82) is 0 Å². The Balaban J connectivity index is 3.02. The molecule has 0 saturated carbocycles. The molecule has 0 aliphatic carbocycles. The number of aromatic nitrogens is 1. The lowest BCUT2D eigenvalue weighted by atomic mass is 10.1. The first-order valence-electron chi connectivity index (χ1n) is 7.08. The van der Waals surface area contributed by atoms with Gasteiger partial charge in [0, 0.05) is 26.3 Å². The van der Waals surface area contributed by atoms with Gasteiger partial charge in [-0.2, -0.15) is 4.31 Å². The van der Waals surface area contributed by atoms with Crippen molar-refractivity contribution in [2.24, 2.45) is 5.92 Å². The molecule has 114 valence electrons. The van der Waals surface area contributed by atoms with Crippen molar-refractivity contribution < 1.29 is 8.42 Å². The summed E-state index contributed by atoms with van der Waals surface area (Å²) in [5.41, 5.74) is 0.574. The van der Waals surface area contributed by atoms with Crippen LogP contribution in [0.5, 0.6) is 0 Å². The maximum atomic E-state index is 12.6. The predicted octanol–water partition coefficient (Wildman–Crippen LogP) is 2.57. The molecular formula is C14H25N3O2S. The molecule has 0 saturated heterocycles. The highest BCUT2D eigenvalue weighted by atomic mass is 32.2. The summed E-state index contributed by atoms with van der Waals surface area (Å²) in [6.07, 6.45) is 3.39. The largest absolute Gasteiger partial charge is 0.383 e. The summed E-state index contributed by atoms with van der Waals surface area (Å²) in [5, 5.41) is 3.23. The molecule has 1 atom stereocenters. The lowest BCUT2D eigenvalue weighted by Gasteiger charge is -2.21. The summed E-state index contributed by atoms with van der Waals surface area (Å²) in [6.45, 7) is 7.36. The Kier molecular flexibility index (Phi) is 6.42. The summed E-state index contributed by atoms with van der Waals surface area (Å²) >= 11 is 0. The summed E-state index contributed by atoms with van der Waals surface area (Å²) in [6, 6.07) is 3.50. The number of hydrogen-bond acceptors (Lipinski definition) is 4. The standard InChI is InChI=1S/C14H25N3O2S/c1-5-9-15-13-8-7-10-16-14(13)20(18,19)17(4)11-12(3)6-2/h7-8,10,12,15H,5-6,9,11H2,1-4H3. The summed E-state index contributed by atoms with van der Waals surface area (Å²) in [4.78, 5) is 4.07. The van der Waals surface area contributed by atoms with Gasteiger partial charge in [-0.05, 0) is 24.5 Å². The van der Waals surface area contributed by atoms with Gasteiger partial charge in [-0.3, -0.25) is 0 Å². The van der Waals surface area contributed by atoms with Crippen LogP contribution in [0, 0.1) is 5.92 Å². The lowest BCUT2D eigenvalue weighted by Crippen LogP contribution is -2.32. The van der Waals surface area contributed by atoms with Crippen molar-refractivity contribution in [3.63, 3.8) is 0 Å². The quantitative estimate of drug-likeness (QED) is 0.801. The van der Waals surface area contributed by atoms with Gasteiger partial charge in [-0.1, -0.05) is 27.2 Å². The molecule has 0 fully saturated rings. The van der Waals surface area contributed by atoms with Crippen LogP contribution in [-0.2, 0) is 10.0 Å². The normalized spacial score (nSPS) is 13.4. The van der Waals surface area contributed by atoms with Gasteiger partial charge in [0.25, 0.3) is 10.0 Å². The van der Waals surface area contributed by atoms with E-state index in [4.69, 9.17) is 0 Å². The molecule has 1 aromatic heterocycles. The Morgan fingerprint density at radius 3 is 2.70 bits per heavy atom. The smallest absolute Gasteiger partial charge is 0.262 e. The molecule has 0 aromatic carbocycles. The summed E-state index contributed by atoms with van der Waals surface area (Å²) < 4.78 is 26.6. The van der Waals surface area contributed by atoms with E-state index in [0.717, 1.165) is 19.4 Å². The molecular weight excluding hydrogens is 274 g/mol. The highest BCUT2D eigenvalue weighted by Gasteiger charge is 2.26. The van der Waals surface area contributed by atoms with E-state index in [9.17, 15) is 8.42 Å². The Morgan fingerprint density at radius 2 is 2.10 bits per heavy atom. The maximum Gasteiger partial charge on any atom is 0.262 e. The zero-order chi connectivity index (χ0) is 15.2. The average Bonchev–Trinajstić information content (AvgIpc) is 2.45. The highest BCUT2D eigenvalue weighted by molar-refractivity contribution is 7.89. The number of rotatable bonds is 8. The van der Waals surface area contributed by atoms with Crippen LogP contribution >= 0.6 is 0 Å². The van der Waals surface area contributed by atoms with Gasteiger partial charge in [0.2, 0.25) is 0 Å². The van der Waals surface area contributed by atoms with E-state index in [0.29, 0.717) is 18.2 Å². The molecule has 0 aliphatic rings. The van der Waals surface area contributed by atoms with Crippen molar-refractivity contribution in [3.8, 4) is 0 Å². The third-order valence-corrected chi connectivity index (χ3v) is 5.04. The van der Waals surface area contributed by atoms with Crippen molar-refractivity contribution in [1.82, 2.24) is 9.29 Å². The molecule has 6 heteroatoms. The number of hydrogen-bond donors (Lipinski definition) is 1. The van der Waals surface area contributed by atoms with E-state index in [1.165, 1.54) is 10.5 Å². The minimum Gasteiger partial charge on any atom is -0.383 e. The molecule has 0 radical (unpaired) electrons. The Morgan fingerprint density at radius 1 is 1.40 bits per heavy atom. The number of nitrogens with one attached hydrogen (secondary N) is 1. The van der Waals surface area contributed by atoms with Crippen LogP contribution in [0.25, 0.3) is 0 Å². The second-order valence-electron chi connectivity index (χ2n) is 5.08. The minimum atomic E-state index is -3.55. The number of anilines is 1. The molecule has 1 unspecified atom stereocenters. The molecule has 0 amide bonds. The summed E-state index contributed by atoms with van der Waals surface area (Å²) in [7, 11) is -1.93. The first-order chi connectivity index (χ1) is 9.43. The SMILES string of the molecule is CCCNc1cccnc1S(=O)(=O)N(C)CC(C)CC. The molecule has 1 N–H and O–H groups in total. The van der Waals surface area contributed by atoms with E-state index >= 15 is 0 Å². The third kappa shape index (κ3) is 4.18. The van der Waals surface area contributed by atoms with Crippen LogP contribution in [0.15, 0.2) is 23.4 Å². The first kappa shape index (κ1) is 16.9. The van der Waals surface area contributed by atoms with Crippen LogP contribution in [0.2, 0.25) is 0 Å². The van der Waals surface area contributed by atoms with Crippen LogP contribution in [-0.4, -0.2) is 37.8 Å². The monoisotopic (exact) mass is 299 g/mol. The predicted molar refractivity (Wildman–Crippen MR) is 82.3 cm³/mol. The van der Waals surface area contributed by atoms with Crippen molar-refractivity contribution >= 4 is 15.7 Å². The first-order valence-corrected chi connectivity index (χ1v) is 8.52. The Bertz CT molecular complexity index is 517. The molecule has 1 aromatic rings. The van der Waals surface area contributed by atoms with Gasteiger partial charge in [-0.25, -0.2) is 13.4 Å². The topological polar surface area (TPSA) is 62.3 Å². The second-order valence-corrected chi connectivity index (χ2v) is 7.04. The van der Waals surface area contributed by atoms with Crippen molar-refractivity contribution in [2.45, 2.75) is 38.6 Å². The van der Waals surface area contributed by atoms with Gasteiger partial charge < -0.3 is 5.32 Å². The number of sulfonamides is 1. The van der Waals surface area contributed by atoms with Gasteiger partial charge >= 0.3 is 0 Å². The molecule has 1 heterocycles.